The molecule has 148 valence electrons. The van der Waals surface area contributed by atoms with Crippen LogP contribution in [0.3, 0.4) is 0 Å². The van der Waals surface area contributed by atoms with Gasteiger partial charge in [-0.2, -0.15) is 0 Å². The van der Waals surface area contributed by atoms with Crippen LogP contribution in [0.25, 0.3) is 0 Å². The summed E-state index contributed by atoms with van der Waals surface area (Å²) in [6.07, 6.45) is -4.33. The Morgan fingerprint density at radius 3 is 2.70 bits per heavy atom. The van der Waals surface area contributed by atoms with Crippen molar-refractivity contribution in [3.05, 3.63) is 35.7 Å². The monoisotopic (exact) mass is 398 g/mol. The molecule has 27 heavy (non-hydrogen) atoms. The number of aryl methyl sites for hydroxylation is 1. The van der Waals surface area contributed by atoms with Gasteiger partial charge in [0.25, 0.3) is 11.1 Å². The highest BCUT2D eigenvalue weighted by molar-refractivity contribution is 7.99. The van der Waals surface area contributed by atoms with Crippen molar-refractivity contribution in [1.29, 1.82) is 0 Å². The number of benzene rings is 1. The third kappa shape index (κ3) is 4.78. The van der Waals surface area contributed by atoms with Gasteiger partial charge in [0.2, 0.25) is 0 Å². The Hall–Kier alpha value is -1.69. The lowest BCUT2D eigenvalue weighted by Gasteiger charge is -2.38. The molecule has 1 aromatic heterocycles. The summed E-state index contributed by atoms with van der Waals surface area (Å²) in [6.45, 7) is 1.64. The van der Waals surface area contributed by atoms with Crippen molar-refractivity contribution in [2.45, 2.75) is 55.0 Å². The second-order valence-corrected chi connectivity index (χ2v) is 7.12. The highest BCUT2D eigenvalue weighted by atomic mass is 32.2. The fraction of sp³-hybridized carbons (Fsp3) is 0.529. The molecule has 1 saturated heterocycles. The van der Waals surface area contributed by atoms with Crippen LogP contribution < -0.4 is 4.74 Å². The van der Waals surface area contributed by atoms with Crippen LogP contribution in [0.5, 0.6) is 5.75 Å². The SMILES string of the molecule is CCc1cccc(OCc2nnc(S[C@@H]3O[C@H](CO)[C@@H](O)[C@H](O)[C@H]3O)o2)c1. The van der Waals surface area contributed by atoms with Crippen molar-refractivity contribution >= 4 is 11.8 Å². The van der Waals surface area contributed by atoms with Crippen LogP contribution in [0, 0.1) is 0 Å². The van der Waals surface area contributed by atoms with Gasteiger partial charge in [-0.15, -0.1) is 10.2 Å². The first-order valence-corrected chi connectivity index (χ1v) is 9.41. The van der Waals surface area contributed by atoms with Gasteiger partial charge in [0.05, 0.1) is 6.61 Å². The lowest BCUT2D eigenvalue weighted by molar-refractivity contribution is -0.205. The molecule has 1 fully saturated rings. The first-order valence-electron chi connectivity index (χ1n) is 8.53. The highest BCUT2D eigenvalue weighted by Crippen LogP contribution is 2.32. The maximum atomic E-state index is 10.0. The van der Waals surface area contributed by atoms with Gasteiger partial charge in [-0.1, -0.05) is 19.1 Å². The molecule has 0 bridgehead atoms. The number of thioether (sulfide) groups is 1. The van der Waals surface area contributed by atoms with Gasteiger partial charge in [0, 0.05) is 0 Å². The molecule has 0 radical (unpaired) electrons. The molecule has 1 aromatic carbocycles. The summed E-state index contributed by atoms with van der Waals surface area (Å²) >= 11 is 0.896. The first kappa shape index (κ1) is 20.1. The largest absolute Gasteiger partial charge is 0.484 e. The van der Waals surface area contributed by atoms with Crippen LogP contribution in [-0.4, -0.2) is 67.1 Å². The predicted molar refractivity (Wildman–Crippen MR) is 94.1 cm³/mol. The van der Waals surface area contributed by atoms with E-state index in [-0.39, 0.29) is 17.7 Å². The molecular weight excluding hydrogens is 376 g/mol. The van der Waals surface area contributed by atoms with Crippen molar-refractivity contribution in [3.8, 4) is 5.75 Å². The van der Waals surface area contributed by atoms with Crippen LogP contribution in [-0.2, 0) is 17.8 Å². The van der Waals surface area contributed by atoms with E-state index in [1.165, 1.54) is 0 Å². The van der Waals surface area contributed by atoms with E-state index in [1.807, 2.05) is 24.3 Å². The number of ether oxygens (including phenoxy) is 2. The lowest BCUT2D eigenvalue weighted by atomic mass is 10.0. The lowest BCUT2D eigenvalue weighted by Crippen LogP contribution is -2.57. The third-order valence-electron chi connectivity index (χ3n) is 4.18. The molecule has 10 heteroatoms. The van der Waals surface area contributed by atoms with Crippen LogP contribution in [0.1, 0.15) is 18.4 Å². The van der Waals surface area contributed by atoms with Crippen LogP contribution in [0.15, 0.2) is 33.9 Å². The Morgan fingerprint density at radius 2 is 1.96 bits per heavy atom. The molecule has 5 atom stereocenters. The van der Waals surface area contributed by atoms with Gasteiger partial charge in [-0.25, -0.2) is 0 Å². The summed E-state index contributed by atoms with van der Waals surface area (Å²) < 4.78 is 16.5. The molecule has 3 rings (SSSR count). The third-order valence-corrected chi connectivity index (χ3v) is 5.17. The Balaban J connectivity index is 1.58. The molecule has 1 aliphatic rings. The average molecular weight is 398 g/mol. The number of hydrogen-bond donors (Lipinski definition) is 4. The van der Waals surface area contributed by atoms with Gasteiger partial charge in [0.1, 0.15) is 35.6 Å². The van der Waals surface area contributed by atoms with E-state index >= 15 is 0 Å². The molecule has 2 aromatic rings. The van der Waals surface area contributed by atoms with E-state index < -0.39 is 36.5 Å². The quantitative estimate of drug-likeness (QED) is 0.508. The minimum atomic E-state index is -1.45. The van der Waals surface area contributed by atoms with Crippen molar-refractivity contribution in [2.24, 2.45) is 0 Å². The van der Waals surface area contributed by atoms with Crippen LogP contribution in [0.2, 0.25) is 0 Å². The van der Waals surface area contributed by atoms with Gasteiger partial charge in [0.15, 0.2) is 6.61 Å². The zero-order valence-corrected chi connectivity index (χ0v) is 15.5. The normalized spacial score (nSPS) is 28.3. The fourth-order valence-corrected chi connectivity index (χ4v) is 3.54. The summed E-state index contributed by atoms with van der Waals surface area (Å²) in [7, 11) is 0. The number of hydrogen-bond acceptors (Lipinski definition) is 10. The van der Waals surface area contributed by atoms with Gasteiger partial charge >= 0.3 is 0 Å². The van der Waals surface area contributed by atoms with Crippen molar-refractivity contribution < 1.29 is 34.3 Å². The first-order chi connectivity index (χ1) is 13.0. The molecule has 9 nitrogen and oxygen atoms in total. The van der Waals surface area contributed by atoms with E-state index in [0.29, 0.717) is 5.75 Å². The minimum Gasteiger partial charge on any atom is -0.484 e. The summed E-state index contributed by atoms with van der Waals surface area (Å²) in [5.74, 6) is 0.930. The molecule has 0 aliphatic carbocycles. The van der Waals surface area contributed by atoms with Crippen LogP contribution in [0.4, 0.5) is 0 Å². The van der Waals surface area contributed by atoms with E-state index in [0.717, 1.165) is 23.7 Å². The fourth-order valence-electron chi connectivity index (χ4n) is 2.61. The number of rotatable bonds is 7. The standard InChI is InChI=1S/C17H22N2O7S/c1-2-9-4-3-5-10(6-9)24-8-12-18-19-17(26-12)27-16-15(23)14(22)13(21)11(7-20)25-16/h3-6,11,13-16,20-23H,2,7-8H2,1H3/t11-,13-,14+,15-,16+/m1/s1. The number of nitrogens with zero attached hydrogens (tertiary/aromatic N) is 2. The van der Waals surface area contributed by atoms with Gasteiger partial charge in [-0.05, 0) is 35.9 Å². The number of aromatic nitrogens is 2. The molecule has 0 saturated carbocycles. The highest BCUT2D eigenvalue weighted by Gasteiger charge is 2.44. The maximum Gasteiger partial charge on any atom is 0.279 e. The molecule has 1 aliphatic heterocycles. The average Bonchev–Trinajstić information content (AvgIpc) is 3.14. The Morgan fingerprint density at radius 1 is 1.15 bits per heavy atom. The van der Waals surface area contributed by atoms with E-state index in [9.17, 15) is 20.4 Å². The van der Waals surface area contributed by atoms with Crippen molar-refractivity contribution in [1.82, 2.24) is 10.2 Å². The molecular formula is C17H22N2O7S. The Kier molecular flexibility index (Phi) is 6.68. The van der Waals surface area contributed by atoms with Crippen molar-refractivity contribution in [2.75, 3.05) is 6.61 Å². The summed E-state index contributed by atoms with van der Waals surface area (Å²) in [4.78, 5) is 0. The maximum absolute atomic E-state index is 10.0. The van der Waals surface area contributed by atoms with Gasteiger partial charge in [-0.3, -0.25) is 0 Å². The van der Waals surface area contributed by atoms with E-state index in [4.69, 9.17) is 13.9 Å². The minimum absolute atomic E-state index is 0.0788. The second kappa shape index (κ2) is 9.00. The summed E-state index contributed by atoms with van der Waals surface area (Å²) in [5, 5.41) is 46.7. The second-order valence-electron chi connectivity index (χ2n) is 6.07. The van der Waals surface area contributed by atoms with Gasteiger partial charge < -0.3 is 34.3 Å². The smallest absolute Gasteiger partial charge is 0.279 e. The Labute approximate surface area is 159 Å². The molecule has 0 amide bonds. The number of aliphatic hydroxyl groups excluding tert-OH is 4. The van der Waals surface area contributed by atoms with Crippen molar-refractivity contribution in [3.63, 3.8) is 0 Å². The Bertz CT molecular complexity index is 742. The molecule has 0 spiro atoms. The number of aliphatic hydroxyl groups is 4. The molecule has 2 heterocycles. The van der Waals surface area contributed by atoms with Crippen LogP contribution >= 0.6 is 11.8 Å². The zero-order chi connectivity index (χ0) is 19.4. The molecule has 0 unspecified atom stereocenters. The predicted octanol–water partition coefficient (Wildman–Crippen LogP) is 0.103. The molecule has 4 N–H and O–H groups in total. The van der Waals surface area contributed by atoms with E-state index in [1.54, 1.807) is 0 Å². The summed E-state index contributed by atoms with van der Waals surface area (Å²) in [5.41, 5.74) is 0.174. The van der Waals surface area contributed by atoms with E-state index in [2.05, 4.69) is 17.1 Å². The topological polar surface area (TPSA) is 138 Å². The summed E-state index contributed by atoms with van der Waals surface area (Å²) in [6, 6.07) is 7.68. The zero-order valence-electron chi connectivity index (χ0n) is 14.6.